The number of pyridine rings is 1. The molecule has 0 amide bonds. The molecule has 0 aliphatic heterocycles. The van der Waals surface area contributed by atoms with Crippen molar-refractivity contribution in [3.63, 3.8) is 0 Å². The van der Waals surface area contributed by atoms with Gasteiger partial charge in [0.25, 0.3) is 0 Å². The zero-order valence-corrected chi connectivity index (χ0v) is 10.9. The van der Waals surface area contributed by atoms with E-state index in [2.05, 4.69) is 16.9 Å². The average Bonchev–Trinajstić information content (AvgIpc) is 2.34. The number of nitrogens with one attached hydrogen (secondary N) is 1. The molecular weight excluding hydrogens is 252 g/mol. The standard InChI is InChI=1S/C13H15ClN2O2/c1-3-5-9(4-2)7-15-11-6-12(14)16-8-10(11)13(17)18/h4-6,8H,2-3,7H2,1H3,(H,15,16)(H,17,18). The average molecular weight is 267 g/mol. The highest BCUT2D eigenvalue weighted by atomic mass is 35.5. The van der Waals surface area contributed by atoms with Gasteiger partial charge in [0.05, 0.1) is 5.69 Å². The van der Waals surface area contributed by atoms with E-state index in [9.17, 15) is 4.79 Å². The second-order valence-electron chi connectivity index (χ2n) is 3.60. The lowest BCUT2D eigenvalue weighted by Gasteiger charge is -2.10. The number of carboxylic acids is 1. The number of carboxylic acid groups (broad SMARTS) is 1. The summed E-state index contributed by atoms with van der Waals surface area (Å²) in [5.74, 6) is -1.04. The minimum absolute atomic E-state index is 0.0966. The molecule has 0 spiro atoms. The Bertz CT molecular complexity index is 484. The monoisotopic (exact) mass is 266 g/mol. The van der Waals surface area contributed by atoms with Gasteiger partial charge in [-0.1, -0.05) is 37.3 Å². The van der Waals surface area contributed by atoms with Gasteiger partial charge < -0.3 is 10.4 Å². The SMILES string of the molecule is C=CC(=CCC)CNc1cc(Cl)ncc1C(=O)O. The molecule has 1 aromatic heterocycles. The molecule has 0 atom stereocenters. The zero-order valence-electron chi connectivity index (χ0n) is 10.1. The quantitative estimate of drug-likeness (QED) is 0.612. The van der Waals surface area contributed by atoms with Crippen LogP contribution in [0.2, 0.25) is 5.15 Å². The lowest BCUT2D eigenvalue weighted by atomic mass is 10.2. The van der Waals surface area contributed by atoms with Gasteiger partial charge in [0, 0.05) is 12.7 Å². The van der Waals surface area contributed by atoms with Crippen LogP contribution in [0.3, 0.4) is 0 Å². The molecule has 4 nitrogen and oxygen atoms in total. The van der Waals surface area contributed by atoms with Gasteiger partial charge in [-0.3, -0.25) is 0 Å². The molecule has 96 valence electrons. The lowest BCUT2D eigenvalue weighted by molar-refractivity contribution is 0.0697. The maximum atomic E-state index is 11.0. The van der Waals surface area contributed by atoms with E-state index in [1.165, 1.54) is 12.3 Å². The molecule has 0 bridgehead atoms. The van der Waals surface area contributed by atoms with Crippen LogP contribution < -0.4 is 5.32 Å². The molecule has 0 aliphatic carbocycles. The van der Waals surface area contributed by atoms with Gasteiger partial charge in [0.2, 0.25) is 0 Å². The number of hydrogen-bond donors (Lipinski definition) is 2. The first-order chi connectivity index (χ1) is 8.58. The van der Waals surface area contributed by atoms with Crippen molar-refractivity contribution in [2.24, 2.45) is 0 Å². The van der Waals surface area contributed by atoms with Gasteiger partial charge in [-0.2, -0.15) is 0 Å². The summed E-state index contributed by atoms with van der Waals surface area (Å²) < 4.78 is 0. The van der Waals surface area contributed by atoms with Crippen LogP contribution in [0.15, 0.2) is 36.6 Å². The van der Waals surface area contributed by atoms with Crippen LogP contribution in [0, 0.1) is 0 Å². The molecule has 0 saturated heterocycles. The number of allylic oxidation sites excluding steroid dienone is 1. The minimum atomic E-state index is -1.04. The molecule has 2 N–H and O–H groups in total. The number of anilines is 1. The van der Waals surface area contributed by atoms with Crippen molar-refractivity contribution >= 4 is 23.3 Å². The number of rotatable bonds is 6. The molecule has 0 aliphatic rings. The van der Waals surface area contributed by atoms with Gasteiger partial charge in [-0.25, -0.2) is 9.78 Å². The van der Waals surface area contributed by atoms with E-state index in [1.807, 2.05) is 13.0 Å². The van der Waals surface area contributed by atoms with E-state index >= 15 is 0 Å². The summed E-state index contributed by atoms with van der Waals surface area (Å²) in [5, 5.41) is 12.3. The van der Waals surface area contributed by atoms with Crippen LogP contribution in [0.5, 0.6) is 0 Å². The van der Waals surface area contributed by atoms with Crippen molar-refractivity contribution in [2.45, 2.75) is 13.3 Å². The Morgan fingerprint density at radius 1 is 1.67 bits per heavy atom. The number of hydrogen-bond acceptors (Lipinski definition) is 3. The highest BCUT2D eigenvalue weighted by molar-refractivity contribution is 6.29. The smallest absolute Gasteiger partial charge is 0.339 e. The second kappa shape index (κ2) is 6.81. The molecule has 0 unspecified atom stereocenters. The molecular formula is C13H15ClN2O2. The Kier molecular flexibility index (Phi) is 5.39. The highest BCUT2D eigenvalue weighted by Crippen LogP contribution is 2.19. The molecule has 0 aromatic carbocycles. The van der Waals surface area contributed by atoms with Gasteiger partial charge in [-0.05, 0) is 18.1 Å². The lowest BCUT2D eigenvalue weighted by Crippen LogP contribution is -2.09. The zero-order chi connectivity index (χ0) is 13.5. The first-order valence-electron chi connectivity index (χ1n) is 5.52. The van der Waals surface area contributed by atoms with Crippen LogP contribution in [-0.4, -0.2) is 22.6 Å². The molecule has 0 fully saturated rings. The summed E-state index contributed by atoms with van der Waals surface area (Å²) in [7, 11) is 0. The van der Waals surface area contributed by atoms with Crippen molar-refractivity contribution in [2.75, 3.05) is 11.9 Å². The maximum Gasteiger partial charge on any atom is 0.339 e. The first-order valence-corrected chi connectivity index (χ1v) is 5.90. The fourth-order valence-electron chi connectivity index (χ4n) is 1.43. The summed E-state index contributed by atoms with van der Waals surface area (Å²) in [6.07, 6.45) is 5.89. The molecule has 1 heterocycles. The van der Waals surface area contributed by atoms with Gasteiger partial charge >= 0.3 is 5.97 Å². The summed E-state index contributed by atoms with van der Waals surface area (Å²) in [6.45, 7) is 6.23. The summed E-state index contributed by atoms with van der Waals surface area (Å²) in [6, 6.07) is 1.50. The van der Waals surface area contributed by atoms with E-state index in [4.69, 9.17) is 16.7 Å². The summed E-state index contributed by atoms with van der Waals surface area (Å²) in [4.78, 5) is 14.8. The number of aromatic carboxylic acids is 1. The Hall–Kier alpha value is -1.81. The van der Waals surface area contributed by atoms with Crippen molar-refractivity contribution in [1.29, 1.82) is 0 Å². The van der Waals surface area contributed by atoms with E-state index in [-0.39, 0.29) is 10.7 Å². The van der Waals surface area contributed by atoms with Crippen molar-refractivity contribution in [1.82, 2.24) is 4.98 Å². The predicted octanol–water partition coefficient (Wildman–Crippen LogP) is 3.37. The topological polar surface area (TPSA) is 62.2 Å². The van der Waals surface area contributed by atoms with Crippen LogP contribution in [0.4, 0.5) is 5.69 Å². The summed E-state index contributed by atoms with van der Waals surface area (Å²) in [5.41, 5.74) is 1.55. The van der Waals surface area contributed by atoms with Gasteiger partial charge in [0.1, 0.15) is 10.7 Å². The van der Waals surface area contributed by atoms with Crippen LogP contribution in [0.25, 0.3) is 0 Å². The molecule has 5 heteroatoms. The number of aromatic nitrogens is 1. The van der Waals surface area contributed by atoms with Crippen LogP contribution in [0.1, 0.15) is 23.7 Å². The third-order valence-corrected chi connectivity index (χ3v) is 2.52. The molecule has 18 heavy (non-hydrogen) atoms. The largest absolute Gasteiger partial charge is 0.478 e. The van der Waals surface area contributed by atoms with Gasteiger partial charge in [-0.15, -0.1) is 0 Å². The fourth-order valence-corrected chi connectivity index (χ4v) is 1.59. The predicted molar refractivity (Wildman–Crippen MR) is 73.3 cm³/mol. The number of nitrogens with zero attached hydrogens (tertiary/aromatic N) is 1. The third kappa shape index (κ3) is 3.89. The number of halogens is 1. The van der Waals surface area contributed by atoms with Crippen LogP contribution in [-0.2, 0) is 0 Å². The van der Waals surface area contributed by atoms with Crippen LogP contribution >= 0.6 is 11.6 Å². The summed E-state index contributed by atoms with van der Waals surface area (Å²) >= 11 is 5.75. The van der Waals surface area contributed by atoms with E-state index < -0.39 is 5.97 Å². The third-order valence-electron chi connectivity index (χ3n) is 2.31. The van der Waals surface area contributed by atoms with Crippen molar-refractivity contribution in [3.8, 4) is 0 Å². The normalized spacial score (nSPS) is 11.1. The van der Waals surface area contributed by atoms with E-state index in [0.717, 1.165) is 12.0 Å². The first kappa shape index (κ1) is 14.3. The molecule has 1 rings (SSSR count). The second-order valence-corrected chi connectivity index (χ2v) is 3.99. The highest BCUT2D eigenvalue weighted by Gasteiger charge is 2.11. The van der Waals surface area contributed by atoms with E-state index in [0.29, 0.717) is 12.2 Å². The molecule has 0 radical (unpaired) electrons. The Balaban J connectivity index is 2.89. The Labute approximate surface area is 111 Å². The number of carbonyl (C=O) groups is 1. The molecule has 0 saturated carbocycles. The van der Waals surface area contributed by atoms with Crippen molar-refractivity contribution in [3.05, 3.63) is 47.3 Å². The van der Waals surface area contributed by atoms with Gasteiger partial charge in [0.15, 0.2) is 0 Å². The maximum absolute atomic E-state index is 11.0. The Morgan fingerprint density at radius 2 is 2.39 bits per heavy atom. The van der Waals surface area contributed by atoms with Crippen molar-refractivity contribution < 1.29 is 9.90 Å². The fraction of sp³-hybridized carbons (Fsp3) is 0.231. The minimum Gasteiger partial charge on any atom is -0.478 e. The molecule has 1 aromatic rings. The van der Waals surface area contributed by atoms with E-state index in [1.54, 1.807) is 6.08 Å². The Morgan fingerprint density at radius 3 is 2.94 bits per heavy atom.